The summed E-state index contributed by atoms with van der Waals surface area (Å²) in [6.45, 7) is 0.771. The second-order valence-electron chi connectivity index (χ2n) is 5.88. The Morgan fingerprint density at radius 1 is 1.38 bits per heavy atom. The van der Waals surface area contributed by atoms with Crippen molar-refractivity contribution in [2.45, 2.75) is 38.1 Å². The number of carbonyl (C=O) groups excluding carboxylic acids is 1. The summed E-state index contributed by atoms with van der Waals surface area (Å²) in [7, 11) is -0.993. The van der Waals surface area contributed by atoms with Crippen LogP contribution in [0.15, 0.2) is 18.3 Å². The molecule has 1 aromatic heterocycles. The Balaban J connectivity index is 2.01. The lowest BCUT2D eigenvalue weighted by Gasteiger charge is -2.36. The maximum absolute atomic E-state index is 12.4. The first-order valence-corrected chi connectivity index (χ1v) is 9.53. The molecule has 1 amide bonds. The molecule has 0 spiro atoms. The number of nitrogens with zero attached hydrogens (tertiary/aromatic N) is 2. The van der Waals surface area contributed by atoms with Crippen LogP contribution in [-0.2, 0) is 21.7 Å². The summed E-state index contributed by atoms with van der Waals surface area (Å²) in [4.78, 5) is 14.4. The fourth-order valence-corrected chi connectivity index (χ4v) is 3.66. The van der Waals surface area contributed by atoms with E-state index >= 15 is 0 Å². The zero-order valence-electron chi connectivity index (χ0n) is 12.8. The predicted octanol–water partition coefficient (Wildman–Crippen LogP) is 1.90. The second kappa shape index (κ2) is 6.64. The largest absolute Gasteiger partial charge is 0.353 e. The summed E-state index contributed by atoms with van der Waals surface area (Å²) in [5, 5.41) is 0. The van der Waals surface area contributed by atoms with Gasteiger partial charge in [0.25, 0.3) is 0 Å². The summed E-state index contributed by atoms with van der Waals surface area (Å²) in [5.74, 6) is 0.158. The maximum atomic E-state index is 12.4. The van der Waals surface area contributed by atoms with Gasteiger partial charge in [0.1, 0.15) is 9.84 Å². The van der Waals surface area contributed by atoms with E-state index in [9.17, 15) is 13.2 Å². The third-order valence-corrected chi connectivity index (χ3v) is 5.08. The van der Waals surface area contributed by atoms with Crippen molar-refractivity contribution in [1.82, 2.24) is 9.47 Å². The number of aromatic nitrogens is 1. The van der Waals surface area contributed by atoms with Crippen LogP contribution in [0.3, 0.4) is 0 Å². The van der Waals surface area contributed by atoms with Crippen molar-refractivity contribution in [3.05, 3.63) is 24.0 Å². The Bertz CT molecular complexity index is 592. The van der Waals surface area contributed by atoms with Crippen LogP contribution in [0, 0.1) is 0 Å². The van der Waals surface area contributed by atoms with E-state index in [1.165, 1.54) is 6.26 Å². The summed E-state index contributed by atoms with van der Waals surface area (Å²) >= 11 is 0. The molecule has 1 atom stereocenters. The van der Waals surface area contributed by atoms with Crippen molar-refractivity contribution in [3.8, 4) is 0 Å². The summed E-state index contributed by atoms with van der Waals surface area (Å²) in [6.07, 6.45) is 7.07. The normalized spacial score (nSPS) is 19.7. The molecule has 0 aromatic carbocycles. The van der Waals surface area contributed by atoms with Crippen molar-refractivity contribution in [2.75, 3.05) is 18.6 Å². The van der Waals surface area contributed by atoms with Crippen molar-refractivity contribution < 1.29 is 13.2 Å². The van der Waals surface area contributed by atoms with Gasteiger partial charge in [-0.25, -0.2) is 8.42 Å². The van der Waals surface area contributed by atoms with Crippen LogP contribution in [0.25, 0.3) is 0 Å². The van der Waals surface area contributed by atoms with Gasteiger partial charge in [-0.05, 0) is 37.8 Å². The highest BCUT2D eigenvalue weighted by atomic mass is 32.2. The smallest absolute Gasteiger partial charge is 0.223 e. The van der Waals surface area contributed by atoms with Gasteiger partial charge in [0, 0.05) is 38.2 Å². The summed E-state index contributed by atoms with van der Waals surface area (Å²) < 4.78 is 24.4. The molecule has 0 saturated carbocycles. The molecule has 1 fully saturated rings. The average molecular weight is 312 g/mol. The number of carbonyl (C=O) groups is 1. The molecule has 6 heteroatoms. The molecule has 1 unspecified atom stereocenters. The third-order valence-electron chi connectivity index (χ3n) is 4.05. The van der Waals surface area contributed by atoms with Crippen LogP contribution in [-0.4, -0.2) is 42.3 Å². The molecule has 2 heterocycles. The highest BCUT2D eigenvalue weighted by Crippen LogP contribution is 2.31. The van der Waals surface area contributed by atoms with E-state index < -0.39 is 9.84 Å². The quantitative estimate of drug-likeness (QED) is 0.834. The minimum atomic E-state index is -2.99. The lowest BCUT2D eigenvalue weighted by atomic mass is 9.98. The van der Waals surface area contributed by atoms with Crippen LogP contribution >= 0.6 is 0 Å². The molecule has 5 nitrogen and oxygen atoms in total. The Morgan fingerprint density at radius 3 is 2.76 bits per heavy atom. The van der Waals surface area contributed by atoms with Gasteiger partial charge >= 0.3 is 0 Å². The molecule has 1 saturated heterocycles. The third kappa shape index (κ3) is 4.33. The van der Waals surface area contributed by atoms with Crippen LogP contribution < -0.4 is 0 Å². The van der Waals surface area contributed by atoms with Crippen LogP contribution in [0.1, 0.15) is 43.8 Å². The average Bonchev–Trinajstić information content (AvgIpc) is 2.83. The van der Waals surface area contributed by atoms with Crippen molar-refractivity contribution in [1.29, 1.82) is 0 Å². The zero-order chi connectivity index (χ0) is 15.5. The number of piperidine rings is 1. The van der Waals surface area contributed by atoms with E-state index in [0.29, 0.717) is 12.8 Å². The highest BCUT2D eigenvalue weighted by Gasteiger charge is 2.28. The minimum Gasteiger partial charge on any atom is -0.353 e. The van der Waals surface area contributed by atoms with Crippen LogP contribution in [0.5, 0.6) is 0 Å². The predicted molar refractivity (Wildman–Crippen MR) is 82.7 cm³/mol. The molecular weight excluding hydrogens is 288 g/mol. The van der Waals surface area contributed by atoms with E-state index in [4.69, 9.17) is 0 Å². The van der Waals surface area contributed by atoms with E-state index in [-0.39, 0.29) is 17.7 Å². The molecule has 1 aliphatic rings. The van der Waals surface area contributed by atoms with Gasteiger partial charge < -0.3 is 9.47 Å². The summed E-state index contributed by atoms with van der Waals surface area (Å²) in [6, 6.07) is 4.19. The van der Waals surface area contributed by atoms with Gasteiger partial charge in [-0.1, -0.05) is 0 Å². The first-order chi connectivity index (χ1) is 9.88. The van der Waals surface area contributed by atoms with Crippen molar-refractivity contribution in [3.63, 3.8) is 0 Å². The molecule has 2 rings (SSSR count). The van der Waals surface area contributed by atoms with Crippen LogP contribution in [0.2, 0.25) is 0 Å². The van der Waals surface area contributed by atoms with Gasteiger partial charge in [0.2, 0.25) is 5.91 Å². The SMILES string of the molecule is Cn1cccc1C1CCCCN1C(=O)CCCS(C)(=O)=O. The first kappa shape index (κ1) is 16.1. The molecule has 1 aromatic rings. The standard InChI is InChI=1S/C15H24N2O3S/c1-16-10-5-8-13(16)14-7-3-4-11-17(14)15(18)9-6-12-21(2,19)20/h5,8,10,14H,3-4,6-7,9,11-12H2,1-2H3. The van der Waals surface area contributed by atoms with E-state index in [1.54, 1.807) is 0 Å². The number of aryl methyl sites for hydroxylation is 1. The Labute approximate surface area is 126 Å². The number of hydrogen-bond acceptors (Lipinski definition) is 3. The Kier molecular flexibility index (Phi) is 5.08. The van der Waals surface area contributed by atoms with Crippen molar-refractivity contribution in [2.24, 2.45) is 7.05 Å². The van der Waals surface area contributed by atoms with E-state index in [2.05, 4.69) is 10.6 Å². The van der Waals surface area contributed by atoms with Gasteiger partial charge in [-0.3, -0.25) is 4.79 Å². The number of amides is 1. The van der Waals surface area contributed by atoms with E-state index in [0.717, 1.165) is 31.5 Å². The topological polar surface area (TPSA) is 59.4 Å². The molecule has 1 aliphatic heterocycles. The number of likely N-dealkylation sites (tertiary alicyclic amines) is 1. The maximum Gasteiger partial charge on any atom is 0.223 e. The lowest BCUT2D eigenvalue weighted by molar-refractivity contribution is -0.135. The highest BCUT2D eigenvalue weighted by molar-refractivity contribution is 7.90. The number of rotatable bonds is 5. The van der Waals surface area contributed by atoms with Gasteiger partial charge in [0.05, 0.1) is 11.8 Å². The fraction of sp³-hybridized carbons (Fsp3) is 0.667. The lowest BCUT2D eigenvalue weighted by Crippen LogP contribution is -2.39. The Morgan fingerprint density at radius 2 is 2.14 bits per heavy atom. The van der Waals surface area contributed by atoms with Gasteiger partial charge in [0.15, 0.2) is 0 Å². The first-order valence-electron chi connectivity index (χ1n) is 7.47. The molecule has 0 aliphatic carbocycles. The molecular formula is C15H24N2O3S. The molecule has 0 bridgehead atoms. The second-order valence-corrected chi connectivity index (χ2v) is 8.14. The number of sulfone groups is 1. The molecule has 0 N–H and O–H groups in total. The summed E-state index contributed by atoms with van der Waals surface area (Å²) in [5.41, 5.74) is 1.16. The van der Waals surface area contributed by atoms with Gasteiger partial charge in [-0.2, -0.15) is 0 Å². The molecule has 21 heavy (non-hydrogen) atoms. The van der Waals surface area contributed by atoms with E-state index in [1.807, 2.05) is 24.2 Å². The fourth-order valence-electron chi connectivity index (χ4n) is 2.99. The van der Waals surface area contributed by atoms with Gasteiger partial charge in [-0.15, -0.1) is 0 Å². The number of hydrogen-bond donors (Lipinski definition) is 0. The monoisotopic (exact) mass is 312 g/mol. The zero-order valence-corrected chi connectivity index (χ0v) is 13.6. The minimum absolute atomic E-state index is 0.0737. The van der Waals surface area contributed by atoms with Crippen molar-refractivity contribution >= 4 is 15.7 Å². The molecule has 0 radical (unpaired) electrons. The molecule has 118 valence electrons. The van der Waals surface area contributed by atoms with Crippen LogP contribution in [0.4, 0.5) is 0 Å². The Hall–Kier alpha value is -1.30.